The Morgan fingerprint density at radius 1 is 1.11 bits per heavy atom. The summed E-state index contributed by atoms with van der Waals surface area (Å²) >= 11 is 5.57. The van der Waals surface area contributed by atoms with Crippen LogP contribution in [0.3, 0.4) is 0 Å². The van der Waals surface area contributed by atoms with Crippen molar-refractivity contribution < 1.29 is 23.9 Å². The van der Waals surface area contributed by atoms with Crippen LogP contribution in [0.25, 0.3) is 0 Å². The molecule has 0 aromatic heterocycles. The first-order valence-electron chi connectivity index (χ1n) is 6.15. The number of rotatable bonds is 8. The number of carbonyl (C=O) groups is 3. The Bertz CT molecular complexity index is 303. The van der Waals surface area contributed by atoms with Gasteiger partial charge in [0.05, 0.1) is 13.2 Å². The Kier molecular flexibility index (Phi) is 8.95. The van der Waals surface area contributed by atoms with E-state index in [9.17, 15) is 14.4 Å². The normalized spacial score (nSPS) is 10.2. The van der Waals surface area contributed by atoms with Gasteiger partial charge in [-0.25, -0.2) is 9.59 Å². The molecule has 0 aromatic carbocycles. The maximum absolute atomic E-state index is 11.8. The van der Waals surface area contributed by atoms with Crippen molar-refractivity contribution >= 4 is 29.4 Å². The van der Waals surface area contributed by atoms with E-state index in [-0.39, 0.29) is 19.8 Å². The molecule has 0 unspecified atom stereocenters. The van der Waals surface area contributed by atoms with E-state index in [1.165, 1.54) is 6.92 Å². The SMILES string of the molecule is CCOC(=O)C(C(=O)OCC)N(CCCCl)C(C)=O. The van der Waals surface area contributed by atoms with E-state index in [0.717, 1.165) is 4.90 Å². The molecule has 0 aliphatic heterocycles. The summed E-state index contributed by atoms with van der Waals surface area (Å²) in [6.45, 7) is 4.96. The minimum absolute atomic E-state index is 0.121. The van der Waals surface area contributed by atoms with Gasteiger partial charge in [0.15, 0.2) is 0 Å². The van der Waals surface area contributed by atoms with E-state index in [1.54, 1.807) is 13.8 Å². The topological polar surface area (TPSA) is 72.9 Å². The van der Waals surface area contributed by atoms with Crippen LogP contribution in [-0.4, -0.2) is 54.4 Å². The molecule has 0 fully saturated rings. The van der Waals surface area contributed by atoms with Crippen molar-refractivity contribution in [2.75, 3.05) is 25.6 Å². The lowest BCUT2D eigenvalue weighted by Gasteiger charge is -2.27. The number of hydrogen-bond acceptors (Lipinski definition) is 5. The quantitative estimate of drug-likeness (QED) is 0.379. The standard InChI is InChI=1S/C12H20ClNO5/c1-4-18-11(16)10(12(17)19-5-2)14(9(3)15)8-6-7-13/h10H,4-8H2,1-3H3. The first-order chi connectivity index (χ1) is 8.99. The van der Waals surface area contributed by atoms with Gasteiger partial charge in [-0.05, 0) is 20.3 Å². The lowest BCUT2D eigenvalue weighted by molar-refractivity contribution is -0.167. The summed E-state index contributed by atoms with van der Waals surface area (Å²) in [5, 5.41) is 0. The molecule has 0 atom stereocenters. The van der Waals surface area contributed by atoms with Gasteiger partial charge in [0.1, 0.15) is 0 Å². The molecule has 0 spiro atoms. The van der Waals surface area contributed by atoms with Crippen molar-refractivity contribution in [3.8, 4) is 0 Å². The molecule has 0 radical (unpaired) electrons. The Hall–Kier alpha value is -1.30. The number of amides is 1. The second-order valence-corrected chi connectivity index (χ2v) is 4.04. The second-order valence-electron chi connectivity index (χ2n) is 3.66. The Morgan fingerprint density at radius 3 is 1.89 bits per heavy atom. The number of nitrogens with zero attached hydrogens (tertiary/aromatic N) is 1. The number of esters is 2. The zero-order chi connectivity index (χ0) is 14.8. The van der Waals surface area contributed by atoms with Gasteiger partial charge in [0.25, 0.3) is 0 Å². The van der Waals surface area contributed by atoms with Crippen LogP contribution in [0.2, 0.25) is 0 Å². The fourth-order valence-corrected chi connectivity index (χ4v) is 1.61. The summed E-state index contributed by atoms with van der Waals surface area (Å²) in [5.74, 6) is -1.66. The number of carbonyl (C=O) groups excluding carboxylic acids is 3. The highest BCUT2D eigenvalue weighted by molar-refractivity contribution is 6.17. The monoisotopic (exact) mass is 293 g/mol. The fourth-order valence-electron chi connectivity index (χ4n) is 1.49. The van der Waals surface area contributed by atoms with Gasteiger partial charge >= 0.3 is 11.9 Å². The molecule has 0 aliphatic carbocycles. The van der Waals surface area contributed by atoms with E-state index >= 15 is 0 Å². The van der Waals surface area contributed by atoms with Gasteiger partial charge in [0, 0.05) is 19.3 Å². The molecule has 19 heavy (non-hydrogen) atoms. The summed E-state index contributed by atoms with van der Waals surface area (Å²) in [6, 6.07) is -1.36. The van der Waals surface area contributed by atoms with E-state index in [0.29, 0.717) is 12.3 Å². The molecule has 0 rings (SSSR count). The summed E-state index contributed by atoms with van der Waals surface area (Å²) in [4.78, 5) is 36.3. The summed E-state index contributed by atoms with van der Waals surface area (Å²) in [7, 11) is 0. The van der Waals surface area contributed by atoms with Crippen molar-refractivity contribution in [2.45, 2.75) is 33.2 Å². The molecule has 0 N–H and O–H groups in total. The first kappa shape index (κ1) is 17.7. The van der Waals surface area contributed by atoms with Crippen LogP contribution in [0.5, 0.6) is 0 Å². The largest absolute Gasteiger partial charge is 0.464 e. The zero-order valence-electron chi connectivity index (χ0n) is 11.5. The molecule has 0 heterocycles. The molecular weight excluding hydrogens is 274 g/mol. The van der Waals surface area contributed by atoms with Crippen molar-refractivity contribution in [1.29, 1.82) is 0 Å². The highest BCUT2D eigenvalue weighted by Crippen LogP contribution is 2.08. The fraction of sp³-hybridized carbons (Fsp3) is 0.750. The molecule has 6 nitrogen and oxygen atoms in total. The van der Waals surface area contributed by atoms with Crippen molar-refractivity contribution in [2.24, 2.45) is 0 Å². The summed E-state index contributed by atoms with van der Waals surface area (Å²) < 4.78 is 9.63. The predicted octanol–water partition coefficient (Wildman–Crippen LogP) is 0.959. The Morgan fingerprint density at radius 2 is 1.58 bits per heavy atom. The van der Waals surface area contributed by atoms with Crippen LogP contribution in [0.4, 0.5) is 0 Å². The summed E-state index contributed by atoms with van der Waals surface area (Å²) in [5.41, 5.74) is 0. The Balaban J connectivity index is 5.08. The minimum atomic E-state index is -1.36. The molecule has 0 aromatic rings. The number of halogens is 1. The van der Waals surface area contributed by atoms with Crippen molar-refractivity contribution in [3.63, 3.8) is 0 Å². The number of ether oxygens (including phenoxy) is 2. The van der Waals surface area contributed by atoms with E-state index in [1.807, 2.05) is 0 Å². The van der Waals surface area contributed by atoms with Crippen LogP contribution in [0.1, 0.15) is 27.2 Å². The lowest BCUT2D eigenvalue weighted by atomic mass is 10.2. The van der Waals surface area contributed by atoms with Crippen molar-refractivity contribution in [1.82, 2.24) is 4.90 Å². The van der Waals surface area contributed by atoms with Gasteiger partial charge in [-0.3, -0.25) is 4.79 Å². The average molecular weight is 294 g/mol. The third kappa shape index (κ3) is 5.92. The van der Waals surface area contributed by atoms with Crippen LogP contribution in [0, 0.1) is 0 Å². The molecule has 110 valence electrons. The molecule has 0 aliphatic rings. The summed E-state index contributed by atoms with van der Waals surface area (Å²) in [6.07, 6.45) is 0.469. The predicted molar refractivity (Wildman–Crippen MR) is 69.8 cm³/mol. The minimum Gasteiger partial charge on any atom is -0.464 e. The Labute approximate surface area is 118 Å². The maximum Gasteiger partial charge on any atom is 0.340 e. The highest BCUT2D eigenvalue weighted by atomic mass is 35.5. The van der Waals surface area contributed by atoms with E-state index in [2.05, 4.69) is 0 Å². The third-order valence-electron chi connectivity index (χ3n) is 2.27. The van der Waals surface area contributed by atoms with Crippen LogP contribution >= 0.6 is 11.6 Å². The van der Waals surface area contributed by atoms with Gasteiger partial charge < -0.3 is 14.4 Å². The first-order valence-corrected chi connectivity index (χ1v) is 6.69. The smallest absolute Gasteiger partial charge is 0.340 e. The van der Waals surface area contributed by atoms with E-state index in [4.69, 9.17) is 21.1 Å². The van der Waals surface area contributed by atoms with Crippen molar-refractivity contribution in [3.05, 3.63) is 0 Å². The van der Waals surface area contributed by atoms with E-state index < -0.39 is 23.9 Å². The van der Waals surface area contributed by atoms with Gasteiger partial charge in [0.2, 0.25) is 11.9 Å². The highest BCUT2D eigenvalue weighted by Gasteiger charge is 2.36. The molecule has 0 bridgehead atoms. The molecular formula is C12H20ClNO5. The average Bonchev–Trinajstić information content (AvgIpc) is 2.34. The van der Waals surface area contributed by atoms with Gasteiger partial charge in [-0.1, -0.05) is 0 Å². The number of alkyl halides is 1. The third-order valence-corrected chi connectivity index (χ3v) is 2.54. The van der Waals surface area contributed by atoms with Gasteiger partial charge in [-0.2, -0.15) is 0 Å². The van der Waals surface area contributed by atoms with Crippen LogP contribution in [-0.2, 0) is 23.9 Å². The zero-order valence-corrected chi connectivity index (χ0v) is 12.2. The van der Waals surface area contributed by atoms with Gasteiger partial charge in [-0.15, -0.1) is 11.6 Å². The molecule has 0 saturated heterocycles. The molecule has 0 saturated carbocycles. The lowest BCUT2D eigenvalue weighted by Crippen LogP contribution is -2.51. The van der Waals surface area contributed by atoms with Crippen LogP contribution < -0.4 is 0 Å². The van der Waals surface area contributed by atoms with Crippen LogP contribution in [0.15, 0.2) is 0 Å². The molecule has 7 heteroatoms. The molecule has 1 amide bonds. The number of hydrogen-bond donors (Lipinski definition) is 0. The maximum atomic E-state index is 11.8. The second kappa shape index (κ2) is 9.61.